The molecule has 1 heterocycles. The second-order valence-corrected chi connectivity index (χ2v) is 5.80. The van der Waals surface area contributed by atoms with Crippen molar-refractivity contribution in [3.8, 4) is 0 Å². The highest BCUT2D eigenvalue weighted by molar-refractivity contribution is 5.03. The number of hydrogen-bond donors (Lipinski definition) is 1. The van der Waals surface area contributed by atoms with Crippen molar-refractivity contribution in [1.29, 1.82) is 0 Å². The predicted molar refractivity (Wildman–Crippen MR) is 60.4 cm³/mol. The molecule has 2 fully saturated rings. The number of piperazine rings is 1. The number of likely N-dealkylation sites (N-methyl/N-ethyl adjacent to an activating group) is 1. The molecular formula is C12H24N2. The average molecular weight is 196 g/mol. The molecule has 1 saturated heterocycles. The van der Waals surface area contributed by atoms with Gasteiger partial charge in [0.2, 0.25) is 0 Å². The molecule has 2 atom stereocenters. The maximum atomic E-state index is 3.78. The molecule has 2 nitrogen and oxygen atoms in total. The zero-order chi connectivity index (χ0) is 10.3. The minimum atomic E-state index is 0.403. The molecule has 0 aromatic heterocycles. The van der Waals surface area contributed by atoms with Crippen molar-refractivity contribution in [2.75, 3.05) is 20.1 Å². The molecular weight excluding hydrogens is 172 g/mol. The van der Waals surface area contributed by atoms with Crippen LogP contribution in [0.2, 0.25) is 0 Å². The smallest absolute Gasteiger partial charge is 0.0309 e. The average Bonchev–Trinajstić information content (AvgIpc) is 2.84. The Morgan fingerprint density at radius 2 is 2.00 bits per heavy atom. The van der Waals surface area contributed by atoms with Crippen LogP contribution in [0, 0.1) is 11.8 Å². The van der Waals surface area contributed by atoms with Gasteiger partial charge in [0.15, 0.2) is 0 Å². The predicted octanol–water partition coefficient (Wildman–Crippen LogP) is 1.71. The summed E-state index contributed by atoms with van der Waals surface area (Å²) in [7, 11) is 2.28. The Labute approximate surface area is 88.1 Å². The fourth-order valence-corrected chi connectivity index (χ4v) is 2.92. The van der Waals surface area contributed by atoms with Gasteiger partial charge in [0, 0.05) is 24.7 Å². The first-order valence-electron chi connectivity index (χ1n) is 5.98. The highest BCUT2D eigenvalue weighted by atomic mass is 15.2. The van der Waals surface area contributed by atoms with Gasteiger partial charge >= 0.3 is 0 Å². The van der Waals surface area contributed by atoms with Gasteiger partial charge in [-0.1, -0.05) is 13.8 Å². The topological polar surface area (TPSA) is 15.3 Å². The van der Waals surface area contributed by atoms with Crippen LogP contribution in [0.5, 0.6) is 0 Å². The highest BCUT2D eigenvalue weighted by Gasteiger charge is 2.45. The van der Waals surface area contributed by atoms with Crippen molar-refractivity contribution in [3.05, 3.63) is 0 Å². The van der Waals surface area contributed by atoms with Crippen LogP contribution >= 0.6 is 0 Å². The van der Waals surface area contributed by atoms with Gasteiger partial charge in [-0.3, -0.25) is 0 Å². The molecule has 0 aromatic rings. The first-order chi connectivity index (χ1) is 6.53. The van der Waals surface area contributed by atoms with E-state index in [-0.39, 0.29) is 0 Å². The second kappa shape index (κ2) is 3.49. The van der Waals surface area contributed by atoms with Crippen molar-refractivity contribution < 1.29 is 0 Å². The molecule has 14 heavy (non-hydrogen) atoms. The van der Waals surface area contributed by atoms with Gasteiger partial charge in [-0.15, -0.1) is 0 Å². The summed E-state index contributed by atoms with van der Waals surface area (Å²) in [6, 6.07) is 0.724. The third-order valence-electron chi connectivity index (χ3n) is 4.11. The number of nitrogens with zero attached hydrogens (tertiary/aromatic N) is 1. The number of rotatable bonds is 2. The SMILES string of the molecule is CC(C)C1CNC(C)(C2CC2)CN1C. The molecule has 2 rings (SSSR count). The van der Waals surface area contributed by atoms with Crippen LogP contribution in [0.3, 0.4) is 0 Å². The lowest BCUT2D eigenvalue weighted by Crippen LogP contribution is -2.64. The van der Waals surface area contributed by atoms with Crippen molar-refractivity contribution in [2.45, 2.75) is 45.2 Å². The van der Waals surface area contributed by atoms with E-state index in [1.165, 1.54) is 25.9 Å². The Morgan fingerprint density at radius 1 is 1.36 bits per heavy atom. The third-order valence-corrected chi connectivity index (χ3v) is 4.11. The lowest BCUT2D eigenvalue weighted by Gasteiger charge is -2.46. The first kappa shape index (κ1) is 10.4. The van der Waals surface area contributed by atoms with Gasteiger partial charge in [-0.25, -0.2) is 0 Å². The van der Waals surface area contributed by atoms with E-state index >= 15 is 0 Å². The summed E-state index contributed by atoms with van der Waals surface area (Å²) in [5.74, 6) is 1.70. The fraction of sp³-hybridized carbons (Fsp3) is 1.00. The van der Waals surface area contributed by atoms with E-state index in [0.29, 0.717) is 5.54 Å². The minimum absolute atomic E-state index is 0.403. The van der Waals surface area contributed by atoms with E-state index in [1.54, 1.807) is 0 Å². The van der Waals surface area contributed by atoms with Gasteiger partial charge in [0.05, 0.1) is 0 Å². The Kier molecular flexibility index (Phi) is 2.61. The molecule has 2 aliphatic rings. The second-order valence-electron chi connectivity index (χ2n) is 5.80. The molecule has 0 spiro atoms. The van der Waals surface area contributed by atoms with Crippen LogP contribution in [0.25, 0.3) is 0 Å². The van der Waals surface area contributed by atoms with Crippen LogP contribution in [-0.2, 0) is 0 Å². The van der Waals surface area contributed by atoms with E-state index in [0.717, 1.165) is 17.9 Å². The normalized spacial score (nSPS) is 40.5. The van der Waals surface area contributed by atoms with Gasteiger partial charge < -0.3 is 10.2 Å². The maximum absolute atomic E-state index is 3.78. The quantitative estimate of drug-likeness (QED) is 0.723. The molecule has 1 saturated carbocycles. The van der Waals surface area contributed by atoms with Crippen molar-refractivity contribution in [2.24, 2.45) is 11.8 Å². The standard InChI is InChI=1S/C12H24N2/c1-9(2)11-7-13-12(3,8-14(11)4)10-5-6-10/h9-11,13H,5-8H2,1-4H3. The van der Waals surface area contributed by atoms with E-state index in [9.17, 15) is 0 Å². The van der Waals surface area contributed by atoms with Crippen LogP contribution in [0.1, 0.15) is 33.6 Å². The van der Waals surface area contributed by atoms with Crippen molar-refractivity contribution in [3.63, 3.8) is 0 Å². The molecule has 0 radical (unpaired) electrons. The minimum Gasteiger partial charge on any atom is -0.308 e. The fourth-order valence-electron chi connectivity index (χ4n) is 2.92. The lowest BCUT2D eigenvalue weighted by atomic mass is 9.88. The molecule has 1 aliphatic heterocycles. The van der Waals surface area contributed by atoms with Crippen LogP contribution in [0.15, 0.2) is 0 Å². The van der Waals surface area contributed by atoms with Crippen LogP contribution in [-0.4, -0.2) is 36.6 Å². The number of nitrogens with one attached hydrogen (secondary N) is 1. The molecule has 1 aliphatic carbocycles. The van der Waals surface area contributed by atoms with Gasteiger partial charge in [0.1, 0.15) is 0 Å². The van der Waals surface area contributed by atoms with E-state index < -0.39 is 0 Å². The summed E-state index contributed by atoms with van der Waals surface area (Å²) >= 11 is 0. The monoisotopic (exact) mass is 196 g/mol. The number of hydrogen-bond acceptors (Lipinski definition) is 2. The Hall–Kier alpha value is -0.0800. The molecule has 0 amide bonds. The zero-order valence-corrected chi connectivity index (χ0v) is 10.0. The molecule has 2 unspecified atom stereocenters. The molecule has 0 aromatic carbocycles. The maximum Gasteiger partial charge on any atom is 0.0309 e. The summed E-state index contributed by atoms with van der Waals surface area (Å²) in [5.41, 5.74) is 0.403. The Bertz CT molecular complexity index is 210. The summed E-state index contributed by atoms with van der Waals surface area (Å²) in [5, 5.41) is 3.78. The summed E-state index contributed by atoms with van der Waals surface area (Å²) in [6.45, 7) is 9.44. The van der Waals surface area contributed by atoms with E-state index in [1.807, 2.05) is 0 Å². The molecule has 82 valence electrons. The van der Waals surface area contributed by atoms with Crippen molar-refractivity contribution in [1.82, 2.24) is 10.2 Å². The Balaban J connectivity index is 1.98. The molecule has 0 bridgehead atoms. The molecule has 1 N–H and O–H groups in total. The van der Waals surface area contributed by atoms with E-state index in [2.05, 4.69) is 38.0 Å². The lowest BCUT2D eigenvalue weighted by molar-refractivity contribution is 0.0749. The highest BCUT2D eigenvalue weighted by Crippen LogP contribution is 2.41. The molecule has 2 heteroatoms. The summed E-state index contributed by atoms with van der Waals surface area (Å²) in [6.07, 6.45) is 2.87. The van der Waals surface area contributed by atoms with Crippen LogP contribution in [0.4, 0.5) is 0 Å². The zero-order valence-electron chi connectivity index (χ0n) is 10.0. The van der Waals surface area contributed by atoms with Crippen molar-refractivity contribution >= 4 is 0 Å². The largest absolute Gasteiger partial charge is 0.308 e. The van der Waals surface area contributed by atoms with E-state index in [4.69, 9.17) is 0 Å². The van der Waals surface area contributed by atoms with Gasteiger partial charge in [-0.05, 0) is 38.6 Å². The summed E-state index contributed by atoms with van der Waals surface area (Å²) in [4.78, 5) is 2.56. The van der Waals surface area contributed by atoms with Gasteiger partial charge in [-0.2, -0.15) is 0 Å². The first-order valence-corrected chi connectivity index (χ1v) is 5.98. The Morgan fingerprint density at radius 3 is 2.43 bits per heavy atom. The van der Waals surface area contributed by atoms with Crippen LogP contribution < -0.4 is 5.32 Å². The summed E-state index contributed by atoms with van der Waals surface area (Å²) < 4.78 is 0. The van der Waals surface area contributed by atoms with Gasteiger partial charge in [0.25, 0.3) is 0 Å². The third kappa shape index (κ3) is 1.82.